The van der Waals surface area contributed by atoms with E-state index in [0.717, 1.165) is 29.3 Å². The molecule has 0 aliphatic heterocycles. The minimum atomic E-state index is -0.606. The molecule has 25 heavy (non-hydrogen) atoms. The van der Waals surface area contributed by atoms with Gasteiger partial charge in [0.1, 0.15) is 17.3 Å². The number of amides is 1. The van der Waals surface area contributed by atoms with E-state index in [9.17, 15) is 13.6 Å². The first-order chi connectivity index (χ1) is 11.8. The van der Waals surface area contributed by atoms with Crippen molar-refractivity contribution < 1.29 is 13.6 Å². The molecule has 0 saturated carbocycles. The minimum Gasteiger partial charge on any atom is -0.350 e. The van der Waals surface area contributed by atoms with Crippen molar-refractivity contribution in [3.63, 3.8) is 0 Å². The molecule has 2 rings (SSSR count). The Kier molecular flexibility index (Phi) is 5.98. The summed E-state index contributed by atoms with van der Waals surface area (Å²) >= 11 is 0. The van der Waals surface area contributed by atoms with Crippen molar-refractivity contribution in [2.75, 3.05) is 6.54 Å². The van der Waals surface area contributed by atoms with Crippen LogP contribution in [-0.4, -0.2) is 17.0 Å². The van der Waals surface area contributed by atoms with Crippen LogP contribution in [0.25, 0.3) is 0 Å². The van der Waals surface area contributed by atoms with E-state index in [1.165, 1.54) is 12.1 Å². The number of aromatic nitrogens is 1. The first-order valence-corrected chi connectivity index (χ1v) is 8.66. The fourth-order valence-electron chi connectivity index (χ4n) is 3.16. The Labute approximate surface area is 148 Å². The van der Waals surface area contributed by atoms with Crippen LogP contribution in [0.1, 0.15) is 53.6 Å². The lowest BCUT2D eigenvalue weighted by atomic mass is 10.1. The molecule has 1 N–H and O–H groups in total. The van der Waals surface area contributed by atoms with Crippen LogP contribution in [0.4, 0.5) is 8.78 Å². The van der Waals surface area contributed by atoms with Gasteiger partial charge in [-0.3, -0.25) is 4.79 Å². The van der Waals surface area contributed by atoms with Crippen molar-refractivity contribution in [2.45, 2.75) is 47.6 Å². The van der Waals surface area contributed by atoms with E-state index in [1.54, 1.807) is 0 Å². The van der Waals surface area contributed by atoms with Gasteiger partial charge in [-0.1, -0.05) is 26.8 Å². The number of nitrogens with zero attached hydrogens (tertiary/aromatic N) is 1. The number of carbonyl (C=O) groups excluding carboxylic acids is 1. The number of nitrogens with one attached hydrogen (secondary N) is 1. The Balaban J connectivity index is 2.46. The number of carbonyl (C=O) groups is 1. The van der Waals surface area contributed by atoms with Crippen molar-refractivity contribution in [2.24, 2.45) is 5.92 Å². The third-order valence-electron chi connectivity index (χ3n) is 4.50. The van der Waals surface area contributed by atoms with Crippen LogP contribution in [-0.2, 0) is 13.0 Å². The van der Waals surface area contributed by atoms with Crippen LogP contribution in [0, 0.1) is 31.4 Å². The number of benzene rings is 1. The van der Waals surface area contributed by atoms with E-state index in [2.05, 4.69) is 5.32 Å². The maximum Gasteiger partial charge on any atom is 0.268 e. The summed E-state index contributed by atoms with van der Waals surface area (Å²) in [6.45, 7) is 10.7. The molecule has 136 valence electrons. The van der Waals surface area contributed by atoms with Crippen molar-refractivity contribution in [1.82, 2.24) is 9.88 Å². The summed E-state index contributed by atoms with van der Waals surface area (Å²) in [4.78, 5) is 12.7. The summed E-state index contributed by atoms with van der Waals surface area (Å²) in [5.41, 5.74) is 3.87. The van der Waals surface area contributed by atoms with Crippen molar-refractivity contribution in [3.8, 4) is 0 Å². The fourth-order valence-corrected chi connectivity index (χ4v) is 3.16. The van der Waals surface area contributed by atoms with Gasteiger partial charge in [0, 0.05) is 23.9 Å². The average Bonchev–Trinajstić information content (AvgIpc) is 2.77. The highest BCUT2D eigenvalue weighted by Crippen LogP contribution is 2.25. The normalized spacial score (nSPS) is 11.2. The Bertz CT molecular complexity index is 778. The summed E-state index contributed by atoms with van der Waals surface area (Å²) in [5.74, 6) is -1.02. The molecule has 0 saturated heterocycles. The van der Waals surface area contributed by atoms with Gasteiger partial charge in [0.2, 0.25) is 0 Å². The van der Waals surface area contributed by atoms with Gasteiger partial charge in [0.25, 0.3) is 5.91 Å². The molecule has 5 heteroatoms. The zero-order chi connectivity index (χ0) is 18.7. The third kappa shape index (κ3) is 4.09. The molecule has 0 fully saturated rings. The molecule has 3 nitrogen and oxygen atoms in total. The summed E-state index contributed by atoms with van der Waals surface area (Å²) in [7, 11) is 0. The smallest absolute Gasteiger partial charge is 0.268 e. The number of halogens is 2. The lowest BCUT2D eigenvalue weighted by molar-refractivity contribution is 0.0939. The van der Waals surface area contributed by atoms with E-state index >= 15 is 0 Å². The summed E-state index contributed by atoms with van der Waals surface area (Å²) < 4.78 is 29.1. The molecule has 0 radical (unpaired) electrons. The van der Waals surface area contributed by atoms with Gasteiger partial charge >= 0.3 is 0 Å². The molecule has 0 aliphatic carbocycles. The first kappa shape index (κ1) is 19.2. The number of rotatable bonds is 6. The maximum atomic E-state index is 14.1. The highest BCUT2D eigenvalue weighted by molar-refractivity contribution is 5.95. The molecule has 1 amide bonds. The first-order valence-electron chi connectivity index (χ1n) is 8.66. The molecular weight excluding hydrogens is 322 g/mol. The molecule has 2 aromatic rings. The van der Waals surface area contributed by atoms with Crippen LogP contribution in [0.15, 0.2) is 18.2 Å². The monoisotopic (exact) mass is 348 g/mol. The third-order valence-corrected chi connectivity index (χ3v) is 4.50. The Hall–Kier alpha value is -2.17. The van der Waals surface area contributed by atoms with Crippen LogP contribution in [0.5, 0.6) is 0 Å². The van der Waals surface area contributed by atoms with Gasteiger partial charge in [-0.15, -0.1) is 0 Å². The van der Waals surface area contributed by atoms with E-state index in [0.29, 0.717) is 23.7 Å². The lowest BCUT2D eigenvalue weighted by Crippen LogP contribution is -2.30. The summed E-state index contributed by atoms with van der Waals surface area (Å²) in [6.07, 6.45) is 0.793. The Morgan fingerprint density at radius 2 is 1.92 bits per heavy atom. The molecule has 0 unspecified atom stereocenters. The fraction of sp³-hybridized carbons (Fsp3) is 0.450. The second kappa shape index (κ2) is 7.81. The summed E-state index contributed by atoms with van der Waals surface area (Å²) in [5, 5.41) is 2.94. The molecular formula is C20H26F2N2O. The molecule has 0 atom stereocenters. The van der Waals surface area contributed by atoms with E-state index in [4.69, 9.17) is 0 Å². The average molecular weight is 348 g/mol. The van der Waals surface area contributed by atoms with E-state index < -0.39 is 11.6 Å². The van der Waals surface area contributed by atoms with Crippen LogP contribution in [0.3, 0.4) is 0 Å². The van der Waals surface area contributed by atoms with E-state index in [-0.39, 0.29) is 12.5 Å². The van der Waals surface area contributed by atoms with Crippen molar-refractivity contribution in [1.29, 1.82) is 0 Å². The number of hydrogen-bond acceptors (Lipinski definition) is 1. The highest BCUT2D eigenvalue weighted by atomic mass is 19.1. The molecule has 0 aliphatic rings. The molecule has 1 heterocycles. The van der Waals surface area contributed by atoms with Gasteiger partial charge in [0.05, 0.1) is 6.54 Å². The minimum absolute atomic E-state index is 0.156. The second-order valence-corrected chi connectivity index (χ2v) is 6.82. The van der Waals surface area contributed by atoms with Gasteiger partial charge in [-0.05, 0) is 43.4 Å². The SMILES string of the molecule is CCc1c(C)c(C(=O)NCC(C)C)n(Cc2ccc(F)cc2F)c1C. The Morgan fingerprint density at radius 3 is 2.48 bits per heavy atom. The standard InChI is InChI=1S/C20H26F2N2O/c1-6-17-13(4)19(20(25)23-10-12(2)3)24(14(17)5)11-15-7-8-16(21)9-18(15)22/h7-9,12H,6,10-11H2,1-5H3,(H,23,25). The van der Waals surface area contributed by atoms with Crippen LogP contribution in [0.2, 0.25) is 0 Å². The zero-order valence-corrected chi connectivity index (χ0v) is 15.5. The molecule has 1 aromatic heterocycles. The van der Waals surface area contributed by atoms with Gasteiger partial charge in [-0.25, -0.2) is 8.78 Å². The van der Waals surface area contributed by atoms with Crippen LogP contribution < -0.4 is 5.32 Å². The number of hydrogen-bond donors (Lipinski definition) is 1. The van der Waals surface area contributed by atoms with Gasteiger partial charge in [0.15, 0.2) is 0 Å². The van der Waals surface area contributed by atoms with Crippen molar-refractivity contribution in [3.05, 3.63) is 57.9 Å². The quantitative estimate of drug-likeness (QED) is 0.826. The molecule has 0 spiro atoms. The molecule has 1 aromatic carbocycles. The largest absolute Gasteiger partial charge is 0.350 e. The Morgan fingerprint density at radius 1 is 1.24 bits per heavy atom. The predicted octanol–water partition coefficient (Wildman–Crippen LogP) is 4.38. The topological polar surface area (TPSA) is 34.0 Å². The van der Waals surface area contributed by atoms with Gasteiger partial charge in [-0.2, -0.15) is 0 Å². The van der Waals surface area contributed by atoms with Gasteiger partial charge < -0.3 is 9.88 Å². The van der Waals surface area contributed by atoms with E-state index in [1.807, 2.05) is 39.2 Å². The predicted molar refractivity (Wildman–Crippen MR) is 95.9 cm³/mol. The van der Waals surface area contributed by atoms with Crippen LogP contribution >= 0.6 is 0 Å². The second-order valence-electron chi connectivity index (χ2n) is 6.82. The van der Waals surface area contributed by atoms with Crippen molar-refractivity contribution >= 4 is 5.91 Å². The maximum absolute atomic E-state index is 14.1. The molecule has 0 bridgehead atoms. The zero-order valence-electron chi connectivity index (χ0n) is 15.5. The highest BCUT2D eigenvalue weighted by Gasteiger charge is 2.22. The summed E-state index contributed by atoms with van der Waals surface area (Å²) in [6, 6.07) is 3.55. The lowest BCUT2D eigenvalue weighted by Gasteiger charge is -2.14.